The Kier molecular flexibility index (Phi) is 6.65. The van der Waals surface area contributed by atoms with Crippen molar-refractivity contribution in [1.29, 1.82) is 0 Å². The van der Waals surface area contributed by atoms with E-state index in [-0.39, 0.29) is 5.91 Å². The fourth-order valence-electron chi connectivity index (χ4n) is 2.21. The van der Waals surface area contributed by atoms with Crippen molar-refractivity contribution >= 4 is 5.91 Å². The van der Waals surface area contributed by atoms with Gasteiger partial charge >= 0.3 is 0 Å². The van der Waals surface area contributed by atoms with Gasteiger partial charge in [-0.3, -0.25) is 9.69 Å². The maximum Gasteiger partial charge on any atom is 0.236 e. The predicted octanol–water partition coefficient (Wildman–Crippen LogP) is 1.17. The molecule has 0 radical (unpaired) electrons. The standard InChI is InChI=1S/C14H29N3O/c1-5-13(4)15-10-14(18)17-8-6-16(7-9-17)11-12(2)3/h12-13,15H,5-11H2,1-4H3. The van der Waals surface area contributed by atoms with Crippen LogP contribution in [0.25, 0.3) is 0 Å². The molecular formula is C14H29N3O. The molecule has 1 saturated heterocycles. The molecule has 0 aromatic carbocycles. The van der Waals surface area contributed by atoms with Crippen LogP contribution in [-0.2, 0) is 4.79 Å². The van der Waals surface area contributed by atoms with Crippen LogP contribution in [0.2, 0.25) is 0 Å². The van der Waals surface area contributed by atoms with Crippen LogP contribution in [0.5, 0.6) is 0 Å². The van der Waals surface area contributed by atoms with Crippen molar-refractivity contribution in [2.75, 3.05) is 39.3 Å². The van der Waals surface area contributed by atoms with Crippen molar-refractivity contribution in [1.82, 2.24) is 15.1 Å². The van der Waals surface area contributed by atoms with Gasteiger partial charge in [-0.05, 0) is 19.3 Å². The quantitative estimate of drug-likeness (QED) is 0.774. The van der Waals surface area contributed by atoms with Crippen molar-refractivity contribution in [3.05, 3.63) is 0 Å². The highest BCUT2D eigenvalue weighted by Gasteiger charge is 2.21. The topological polar surface area (TPSA) is 35.6 Å². The van der Waals surface area contributed by atoms with Gasteiger partial charge in [0.05, 0.1) is 6.54 Å². The molecule has 1 aliphatic rings. The first-order chi connectivity index (χ1) is 8.52. The van der Waals surface area contributed by atoms with Crippen LogP contribution in [0.3, 0.4) is 0 Å². The maximum absolute atomic E-state index is 12.0. The number of carbonyl (C=O) groups is 1. The Labute approximate surface area is 112 Å². The first-order valence-corrected chi connectivity index (χ1v) is 7.26. The van der Waals surface area contributed by atoms with Crippen LogP contribution >= 0.6 is 0 Å². The third-order valence-electron chi connectivity index (χ3n) is 3.56. The molecule has 1 atom stereocenters. The average molecular weight is 255 g/mol. The van der Waals surface area contributed by atoms with Crippen molar-refractivity contribution in [2.45, 2.75) is 40.2 Å². The third-order valence-corrected chi connectivity index (χ3v) is 3.56. The molecular weight excluding hydrogens is 226 g/mol. The second kappa shape index (κ2) is 7.74. The number of piperazine rings is 1. The highest BCUT2D eigenvalue weighted by Crippen LogP contribution is 2.05. The molecule has 1 unspecified atom stereocenters. The van der Waals surface area contributed by atoms with Crippen LogP contribution < -0.4 is 5.32 Å². The molecule has 0 bridgehead atoms. The summed E-state index contributed by atoms with van der Waals surface area (Å²) in [5.74, 6) is 0.957. The Balaban J connectivity index is 2.23. The normalized spacial score (nSPS) is 19.3. The summed E-state index contributed by atoms with van der Waals surface area (Å²) in [6.07, 6.45) is 1.06. The zero-order valence-electron chi connectivity index (χ0n) is 12.4. The van der Waals surface area contributed by atoms with Gasteiger partial charge in [0, 0.05) is 38.8 Å². The molecule has 1 amide bonds. The van der Waals surface area contributed by atoms with Gasteiger partial charge in [0.1, 0.15) is 0 Å². The monoisotopic (exact) mass is 255 g/mol. The molecule has 0 aliphatic carbocycles. The van der Waals surface area contributed by atoms with E-state index in [0.717, 1.165) is 39.1 Å². The number of nitrogens with zero attached hydrogens (tertiary/aromatic N) is 2. The molecule has 1 heterocycles. The first kappa shape index (κ1) is 15.4. The number of amides is 1. The van der Waals surface area contributed by atoms with E-state index < -0.39 is 0 Å². The second-order valence-electron chi connectivity index (χ2n) is 5.77. The van der Waals surface area contributed by atoms with E-state index in [1.165, 1.54) is 0 Å². The van der Waals surface area contributed by atoms with Crippen LogP contribution in [0.4, 0.5) is 0 Å². The van der Waals surface area contributed by atoms with Gasteiger partial charge in [0.15, 0.2) is 0 Å². The summed E-state index contributed by atoms with van der Waals surface area (Å²) in [4.78, 5) is 16.4. The molecule has 0 aromatic rings. The van der Waals surface area contributed by atoms with E-state index in [2.05, 4.69) is 37.9 Å². The Bertz CT molecular complexity index is 247. The number of nitrogens with one attached hydrogen (secondary N) is 1. The molecule has 0 aromatic heterocycles. The number of rotatable bonds is 6. The van der Waals surface area contributed by atoms with Gasteiger partial charge in [-0.2, -0.15) is 0 Å². The van der Waals surface area contributed by atoms with E-state index in [4.69, 9.17) is 0 Å². The Morgan fingerprint density at radius 3 is 2.28 bits per heavy atom. The summed E-state index contributed by atoms with van der Waals surface area (Å²) in [5.41, 5.74) is 0. The summed E-state index contributed by atoms with van der Waals surface area (Å²) in [7, 11) is 0. The average Bonchev–Trinajstić information content (AvgIpc) is 2.35. The first-order valence-electron chi connectivity index (χ1n) is 7.26. The summed E-state index contributed by atoms with van der Waals surface area (Å²) >= 11 is 0. The van der Waals surface area contributed by atoms with Crippen molar-refractivity contribution in [2.24, 2.45) is 5.92 Å². The maximum atomic E-state index is 12.0. The predicted molar refractivity (Wildman–Crippen MR) is 75.6 cm³/mol. The Morgan fingerprint density at radius 2 is 1.78 bits per heavy atom. The molecule has 0 spiro atoms. The number of carbonyl (C=O) groups excluding carboxylic acids is 1. The molecule has 1 N–H and O–H groups in total. The third kappa shape index (κ3) is 5.36. The molecule has 106 valence electrons. The lowest BCUT2D eigenvalue weighted by Crippen LogP contribution is -2.51. The van der Waals surface area contributed by atoms with Gasteiger partial charge in [0.2, 0.25) is 5.91 Å². The van der Waals surface area contributed by atoms with E-state index in [1.807, 2.05) is 4.90 Å². The largest absolute Gasteiger partial charge is 0.339 e. The minimum atomic E-state index is 0.250. The molecule has 4 heteroatoms. The molecule has 1 rings (SSSR count). The van der Waals surface area contributed by atoms with Gasteiger partial charge in [-0.25, -0.2) is 0 Å². The SMILES string of the molecule is CCC(C)NCC(=O)N1CCN(CC(C)C)CC1. The fraction of sp³-hybridized carbons (Fsp3) is 0.929. The summed E-state index contributed by atoms with van der Waals surface area (Å²) < 4.78 is 0. The smallest absolute Gasteiger partial charge is 0.236 e. The lowest BCUT2D eigenvalue weighted by atomic mass is 10.2. The summed E-state index contributed by atoms with van der Waals surface area (Å²) in [5, 5.41) is 3.27. The lowest BCUT2D eigenvalue weighted by molar-refractivity contribution is -0.132. The molecule has 18 heavy (non-hydrogen) atoms. The van der Waals surface area contributed by atoms with Crippen LogP contribution in [0.1, 0.15) is 34.1 Å². The molecule has 1 fully saturated rings. The van der Waals surface area contributed by atoms with Gasteiger partial charge in [-0.1, -0.05) is 20.8 Å². The van der Waals surface area contributed by atoms with Crippen LogP contribution in [0, 0.1) is 5.92 Å². The zero-order valence-corrected chi connectivity index (χ0v) is 12.4. The van der Waals surface area contributed by atoms with Crippen molar-refractivity contribution in [3.8, 4) is 0 Å². The highest BCUT2D eigenvalue weighted by atomic mass is 16.2. The summed E-state index contributed by atoms with van der Waals surface area (Å²) in [6, 6.07) is 0.427. The van der Waals surface area contributed by atoms with E-state index in [9.17, 15) is 4.79 Å². The molecule has 4 nitrogen and oxygen atoms in total. The van der Waals surface area contributed by atoms with Crippen LogP contribution in [-0.4, -0.2) is 61.0 Å². The fourth-order valence-corrected chi connectivity index (χ4v) is 2.21. The highest BCUT2D eigenvalue weighted by molar-refractivity contribution is 5.78. The Hall–Kier alpha value is -0.610. The van der Waals surface area contributed by atoms with Gasteiger partial charge < -0.3 is 10.2 Å². The number of hydrogen-bond donors (Lipinski definition) is 1. The zero-order chi connectivity index (χ0) is 13.5. The van der Waals surface area contributed by atoms with Crippen LogP contribution in [0.15, 0.2) is 0 Å². The van der Waals surface area contributed by atoms with E-state index in [0.29, 0.717) is 18.5 Å². The molecule has 0 saturated carbocycles. The second-order valence-corrected chi connectivity index (χ2v) is 5.77. The minimum absolute atomic E-state index is 0.250. The lowest BCUT2D eigenvalue weighted by Gasteiger charge is -2.35. The van der Waals surface area contributed by atoms with Gasteiger partial charge in [0.25, 0.3) is 0 Å². The Morgan fingerprint density at radius 1 is 1.17 bits per heavy atom. The van der Waals surface area contributed by atoms with Gasteiger partial charge in [-0.15, -0.1) is 0 Å². The van der Waals surface area contributed by atoms with Crippen molar-refractivity contribution in [3.63, 3.8) is 0 Å². The molecule has 1 aliphatic heterocycles. The van der Waals surface area contributed by atoms with E-state index in [1.54, 1.807) is 0 Å². The minimum Gasteiger partial charge on any atom is -0.339 e. The number of hydrogen-bond acceptors (Lipinski definition) is 3. The van der Waals surface area contributed by atoms with E-state index >= 15 is 0 Å². The van der Waals surface area contributed by atoms with Crippen molar-refractivity contribution < 1.29 is 4.79 Å². The summed E-state index contributed by atoms with van der Waals surface area (Å²) in [6.45, 7) is 14.2.